The monoisotopic (exact) mass is 443 g/mol. The number of fused-ring (bicyclic) bond motifs is 1. The van der Waals surface area contributed by atoms with Gasteiger partial charge in [-0.15, -0.1) is 0 Å². The lowest BCUT2D eigenvalue weighted by atomic mass is 9.94. The van der Waals surface area contributed by atoms with Crippen molar-refractivity contribution in [3.05, 3.63) is 70.2 Å². The number of carboxylic acids is 1. The SMILES string of the molecule is CC(C)(C)OC(=O)N1Cc2ccccc2CC1CNC(Cc1ccc(Cl)cc1)C(=O)[O-]. The van der Waals surface area contributed by atoms with Gasteiger partial charge in [-0.2, -0.15) is 0 Å². The average molecular weight is 444 g/mol. The maximum Gasteiger partial charge on any atom is 0.410 e. The summed E-state index contributed by atoms with van der Waals surface area (Å²) in [4.78, 5) is 26.3. The second-order valence-corrected chi connectivity index (χ2v) is 9.28. The number of carbonyl (C=O) groups is 2. The molecule has 2 atom stereocenters. The summed E-state index contributed by atoms with van der Waals surface area (Å²) in [7, 11) is 0. The first-order chi connectivity index (χ1) is 14.6. The van der Waals surface area contributed by atoms with Gasteiger partial charge in [-0.25, -0.2) is 4.79 Å². The molecule has 2 unspecified atom stereocenters. The summed E-state index contributed by atoms with van der Waals surface area (Å²) in [5.74, 6) is -1.19. The maximum absolute atomic E-state index is 12.9. The number of halogens is 1. The fraction of sp³-hybridized carbons (Fsp3) is 0.417. The fourth-order valence-electron chi connectivity index (χ4n) is 3.68. The number of carboxylic acid groups (broad SMARTS) is 1. The lowest BCUT2D eigenvalue weighted by Crippen LogP contribution is -2.55. The van der Waals surface area contributed by atoms with Gasteiger partial charge < -0.3 is 20.0 Å². The maximum atomic E-state index is 12.9. The molecule has 0 aromatic heterocycles. The number of benzene rings is 2. The normalized spacial score (nSPS) is 17.0. The molecule has 2 aromatic carbocycles. The Morgan fingerprint density at radius 3 is 2.42 bits per heavy atom. The Hall–Kier alpha value is -2.57. The third-order valence-electron chi connectivity index (χ3n) is 5.22. The summed E-state index contributed by atoms with van der Waals surface area (Å²) >= 11 is 5.91. The summed E-state index contributed by atoms with van der Waals surface area (Å²) in [5, 5.41) is 15.4. The van der Waals surface area contributed by atoms with E-state index in [0.29, 0.717) is 24.5 Å². The van der Waals surface area contributed by atoms with Crippen molar-refractivity contribution in [3.63, 3.8) is 0 Å². The molecule has 7 heteroatoms. The van der Waals surface area contributed by atoms with Gasteiger partial charge in [0.1, 0.15) is 5.60 Å². The lowest BCUT2D eigenvalue weighted by molar-refractivity contribution is -0.308. The zero-order valence-electron chi connectivity index (χ0n) is 18.1. The van der Waals surface area contributed by atoms with Crippen LogP contribution in [0.4, 0.5) is 4.79 Å². The number of hydrogen-bond acceptors (Lipinski definition) is 5. The summed E-state index contributed by atoms with van der Waals surface area (Å²) < 4.78 is 5.60. The van der Waals surface area contributed by atoms with Crippen molar-refractivity contribution in [3.8, 4) is 0 Å². The van der Waals surface area contributed by atoms with Crippen molar-refractivity contribution in [1.29, 1.82) is 0 Å². The van der Waals surface area contributed by atoms with E-state index in [1.807, 2.05) is 45.0 Å². The Morgan fingerprint density at radius 1 is 1.16 bits per heavy atom. The first-order valence-electron chi connectivity index (χ1n) is 10.4. The van der Waals surface area contributed by atoms with Crippen LogP contribution in [0.5, 0.6) is 0 Å². The van der Waals surface area contributed by atoms with Gasteiger partial charge in [0, 0.05) is 18.1 Å². The van der Waals surface area contributed by atoms with Crippen LogP contribution in [0.25, 0.3) is 0 Å². The molecule has 1 N–H and O–H groups in total. The summed E-state index contributed by atoms with van der Waals surface area (Å²) in [6.07, 6.45) is 0.467. The molecular weight excluding hydrogens is 416 g/mol. The number of rotatable bonds is 6. The molecule has 0 aliphatic carbocycles. The minimum atomic E-state index is -1.19. The van der Waals surface area contributed by atoms with Crippen LogP contribution in [-0.4, -0.2) is 41.2 Å². The molecule has 0 saturated carbocycles. The molecule has 1 amide bonds. The van der Waals surface area contributed by atoms with E-state index in [0.717, 1.165) is 16.7 Å². The third-order valence-corrected chi connectivity index (χ3v) is 5.47. The second kappa shape index (κ2) is 9.71. The van der Waals surface area contributed by atoms with Crippen molar-refractivity contribution in [2.45, 2.75) is 57.8 Å². The van der Waals surface area contributed by atoms with Gasteiger partial charge in [0.05, 0.1) is 18.1 Å². The lowest BCUT2D eigenvalue weighted by Gasteiger charge is -2.38. The number of hydrogen-bond donors (Lipinski definition) is 1. The number of carbonyl (C=O) groups excluding carboxylic acids is 2. The Balaban J connectivity index is 1.74. The van der Waals surface area contributed by atoms with E-state index in [1.54, 1.807) is 29.2 Å². The first-order valence-corrected chi connectivity index (χ1v) is 10.8. The van der Waals surface area contributed by atoms with Crippen molar-refractivity contribution >= 4 is 23.7 Å². The molecule has 166 valence electrons. The van der Waals surface area contributed by atoms with Crippen molar-refractivity contribution in [2.24, 2.45) is 0 Å². The van der Waals surface area contributed by atoms with Gasteiger partial charge in [0.2, 0.25) is 0 Å². The van der Waals surface area contributed by atoms with Crippen LogP contribution in [0.3, 0.4) is 0 Å². The van der Waals surface area contributed by atoms with Crippen LogP contribution in [-0.2, 0) is 28.9 Å². The Kier molecular flexibility index (Phi) is 7.23. The third kappa shape index (κ3) is 6.45. The molecule has 0 radical (unpaired) electrons. The molecule has 0 bridgehead atoms. The van der Waals surface area contributed by atoms with Crippen LogP contribution in [0, 0.1) is 0 Å². The van der Waals surface area contributed by atoms with E-state index < -0.39 is 23.7 Å². The minimum absolute atomic E-state index is 0.239. The van der Waals surface area contributed by atoms with Crippen LogP contribution >= 0.6 is 11.6 Å². The average Bonchev–Trinajstić information content (AvgIpc) is 2.70. The number of ether oxygens (including phenoxy) is 1. The van der Waals surface area contributed by atoms with E-state index in [4.69, 9.17) is 16.3 Å². The molecule has 1 aliphatic heterocycles. The zero-order chi connectivity index (χ0) is 22.6. The molecule has 2 aromatic rings. The molecule has 1 heterocycles. The van der Waals surface area contributed by atoms with Crippen LogP contribution < -0.4 is 10.4 Å². The fourth-order valence-corrected chi connectivity index (χ4v) is 3.80. The number of amides is 1. The van der Waals surface area contributed by atoms with Gasteiger partial charge in [-0.05, 0) is 62.4 Å². The highest BCUT2D eigenvalue weighted by Gasteiger charge is 2.33. The number of nitrogens with zero attached hydrogens (tertiary/aromatic N) is 1. The molecule has 0 fully saturated rings. The second-order valence-electron chi connectivity index (χ2n) is 8.85. The van der Waals surface area contributed by atoms with E-state index in [1.165, 1.54) is 0 Å². The van der Waals surface area contributed by atoms with Crippen molar-refractivity contribution in [1.82, 2.24) is 10.2 Å². The first kappa shape index (κ1) is 23.1. The summed E-state index contributed by atoms with van der Waals surface area (Å²) in [6.45, 7) is 6.21. The van der Waals surface area contributed by atoms with Gasteiger partial charge >= 0.3 is 6.09 Å². The molecule has 6 nitrogen and oxygen atoms in total. The zero-order valence-corrected chi connectivity index (χ0v) is 18.8. The largest absolute Gasteiger partial charge is 0.548 e. The van der Waals surface area contributed by atoms with E-state index in [2.05, 4.69) is 5.32 Å². The minimum Gasteiger partial charge on any atom is -0.548 e. The Labute approximate surface area is 188 Å². The standard InChI is InChI=1S/C24H29ClN2O4/c1-24(2,3)31-23(30)27-15-18-7-5-4-6-17(18)13-20(27)14-26-21(22(28)29)12-16-8-10-19(25)11-9-16/h4-11,20-21,26H,12-15H2,1-3H3,(H,28,29)/p-1. The van der Waals surface area contributed by atoms with Gasteiger partial charge in [0.15, 0.2) is 0 Å². The number of aliphatic carboxylic acids is 1. The molecule has 0 spiro atoms. The van der Waals surface area contributed by atoms with E-state index in [-0.39, 0.29) is 12.5 Å². The predicted molar refractivity (Wildman–Crippen MR) is 118 cm³/mol. The Morgan fingerprint density at radius 2 is 1.81 bits per heavy atom. The molecule has 31 heavy (non-hydrogen) atoms. The smallest absolute Gasteiger partial charge is 0.410 e. The predicted octanol–water partition coefficient (Wildman–Crippen LogP) is 2.95. The highest BCUT2D eigenvalue weighted by molar-refractivity contribution is 6.30. The topological polar surface area (TPSA) is 81.7 Å². The summed E-state index contributed by atoms with van der Waals surface area (Å²) in [5.41, 5.74) is 2.44. The van der Waals surface area contributed by atoms with E-state index >= 15 is 0 Å². The summed E-state index contributed by atoms with van der Waals surface area (Å²) in [6, 6.07) is 13.9. The van der Waals surface area contributed by atoms with Crippen LogP contribution in [0.15, 0.2) is 48.5 Å². The molecule has 3 rings (SSSR count). The highest BCUT2D eigenvalue weighted by Crippen LogP contribution is 2.25. The number of nitrogens with one attached hydrogen (secondary N) is 1. The molecular formula is C24H28ClN2O4-. The quantitative estimate of drug-likeness (QED) is 0.742. The Bertz CT molecular complexity index is 924. The highest BCUT2D eigenvalue weighted by atomic mass is 35.5. The molecule has 0 saturated heterocycles. The van der Waals surface area contributed by atoms with Gasteiger partial charge in [-0.1, -0.05) is 48.0 Å². The van der Waals surface area contributed by atoms with Crippen molar-refractivity contribution in [2.75, 3.05) is 6.54 Å². The van der Waals surface area contributed by atoms with Gasteiger partial charge in [0.25, 0.3) is 0 Å². The van der Waals surface area contributed by atoms with Crippen molar-refractivity contribution < 1.29 is 19.4 Å². The van der Waals surface area contributed by atoms with Gasteiger partial charge in [-0.3, -0.25) is 4.90 Å². The van der Waals surface area contributed by atoms with E-state index in [9.17, 15) is 14.7 Å². The molecule has 1 aliphatic rings. The van der Waals surface area contributed by atoms with Crippen LogP contribution in [0.1, 0.15) is 37.5 Å². The van der Waals surface area contributed by atoms with Crippen LogP contribution in [0.2, 0.25) is 5.02 Å².